The lowest BCUT2D eigenvalue weighted by Crippen LogP contribution is -2.00. The maximum atomic E-state index is 10.0. The fourth-order valence-corrected chi connectivity index (χ4v) is 1.78. The van der Waals surface area contributed by atoms with E-state index >= 15 is 0 Å². The summed E-state index contributed by atoms with van der Waals surface area (Å²) >= 11 is 1.16. The van der Waals surface area contributed by atoms with E-state index in [1.54, 1.807) is 0 Å². The van der Waals surface area contributed by atoms with Crippen molar-refractivity contribution in [3.63, 3.8) is 0 Å². The number of rotatable bonds is 4. The third-order valence-corrected chi connectivity index (χ3v) is 2.96. The molecule has 3 nitrogen and oxygen atoms in total. The Morgan fingerprint density at radius 3 is 2.44 bits per heavy atom. The fraction of sp³-hybridized carbons (Fsp3) is 0.750. The van der Waals surface area contributed by atoms with Crippen LogP contribution in [-0.4, -0.2) is 23.8 Å². The zero-order valence-electron chi connectivity index (χ0n) is 4.91. The van der Waals surface area contributed by atoms with Gasteiger partial charge >= 0.3 is 0 Å². The van der Waals surface area contributed by atoms with Crippen molar-refractivity contribution in [1.29, 1.82) is 0 Å². The summed E-state index contributed by atoms with van der Waals surface area (Å²) in [4.78, 5) is 0. The van der Waals surface area contributed by atoms with Gasteiger partial charge in [-0.3, -0.25) is 4.55 Å². The van der Waals surface area contributed by atoms with Crippen LogP contribution in [0.1, 0.15) is 6.42 Å². The second kappa shape index (κ2) is 4.14. The van der Waals surface area contributed by atoms with Crippen molar-refractivity contribution in [2.75, 3.05) is 10.8 Å². The molecule has 0 amide bonds. The number of thioether (sulfide) groups is 1. The van der Waals surface area contributed by atoms with Crippen LogP contribution in [0.3, 0.4) is 0 Å². The van der Waals surface area contributed by atoms with E-state index in [0.29, 0.717) is 12.2 Å². The average Bonchev–Trinajstić information content (AvgIpc) is 1.63. The minimum absolute atomic E-state index is 0.220. The topological polar surface area (TPSA) is 54.4 Å². The summed E-state index contributed by atoms with van der Waals surface area (Å²) in [6.45, 7) is 3.51. The minimum Gasteiger partial charge on any atom is -0.285 e. The molecule has 55 valence electrons. The van der Waals surface area contributed by atoms with Gasteiger partial charge in [0.05, 0.1) is 0 Å². The van der Waals surface area contributed by atoms with Gasteiger partial charge in [-0.05, 0) is 12.2 Å². The molecule has 0 aliphatic rings. The quantitative estimate of drug-likeness (QED) is 0.499. The molecule has 0 heterocycles. The Labute approximate surface area is 59.6 Å². The smallest absolute Gasteiger partial charge is 0.274 e. The SMILES string of the molecule is [CH2]CCSCS(=O)(=O)O. The molecule has 9 heavy (non-hydrogen) atoms. The van der Waals surface area contributed by atoms with Crippen LogP contribution in [0.4, 0.5) is 0 Å². The van der Waals surface area contributed by atoms with Crippen LogP contribution < -0.4 is 0 Å². The fourth-order valence-electron chi connectivity index (χ4n) is 0.266. The Hall–Kier alpha value is 0.260. The first-order valence-corrected chi connectivity index (χ1v) is 5.15. The average molecular weight is 169 g/mol. The highest BCUT2D eigenvalue weighted by Crippen LogP contribution is 2.04. The minimum atomic E-state index is -3.76. The largest absolute Gasteiger partial charge is 0.285 e. The van der Waals surface area contributed by atoms with Crippen LogP contribution in [-0.2, 0) is 10.1 Å². The van der Waals surface area contributed by atoms with Crippen molar-refractivity contribution in [1.82, 2.24) is 0 Å². The Morgan fingerprint density at radius 1 is 1.56 bits per heavy atom. The molecule has 0 rings (SSSR count). The lowest BCUT2D eigenvalue weighted by molar-refractivity contribution is 0.489. The van der Waals surface area contributed by atoms with Crippen molar-refractivity contribution in [2.24, 2.45) is 0 Å². The van der Waals surface area contributed by atoms with E-state index in [0.717, 1.165) is 11.8 Å². The highest BCUT2D eigenvalue weighted by atomic mass is 32.3. The van der Waals surface area contributed by atoms with Gasteiger partial charge in [-0.1, -0.05) is 6.92 Å². The van der Waals surface area contributed by atoms with Crippen LogP contribution in [0, 0.1) is 6.92 Å². The monoisotopic (exact) mass is 169 g/mol. The molecule has 1 N–H and O–H groups in total. The van der Waals surface area contributed by atoms with Crippen molar-refractivity contribution in [3.05, 3.63) is 6.92 Å². The van der Waals surface area contributed by atoms with Crippen LogP contribution in [0.2, 0.25) is 0 Å². The van der Waals surface area contributed by atoms with E-state index in [2.05, 4.69) is 6.92 Å². The second-order valence-corrected chi connectivity index (χ2v) is 4.38. The zero-order chi connectivity index (χ0) is 7.33. The van der Waals surface area contributed by atoms with E-state index in [1.807, 2.05) is 0 Å². The highest BCUT2D eigenvalue weighted by molar-refractivity contribution is 8.10. The molecule has 0 fully saturated rings. The van der Waals surface area contributed by atoms with Gasteiger partial charge in [0.1, 0.15) is 5.08 Å². The number of hydrogen-bond acceptors (Lipinski definition) is 3. The van der Waals surface area contributed by atoms with Gasteiger partial charge in [-0.25, -0.2) is 0 Å². The molecule has 0 aliphatic carbocycles. The molecule has 0 saturated heterocycles. The normalized spacial score (nSPS) is 11.8. The molecule has 0 unspecified atom stereocenters. The molecule has 0 aromatic carbocycles. The van der Waals surface area contributed by atoms with Gasteiger partial charge in [-0.2, -0.15) is 8.42 Å². The maximum absolute atomic E-state index is 10.0. The lowest BCUT2D eigenvalue weighted by Gasteiger charge is -1.93. The van der Waals surface area contributed by atoms with Crippen molar-refractivity contribution >= 4 is 21.9 Å². The van der Waals surface area contributed by atoms with Crippen molar-refractivity contribution < 1.29 is 13.0 Å². The lowest BCUT2D eigenvalue weighted by atomic mass is 10.6. The molecule has 0 aromatic rings. The molecule has 0 aliphatic heterocycles. The third kappa shape index (κ3) is 8.26. The first kappa shape index (κ1) is 9.26. The van der Waals surface area contributed by atoms with Crippen LogP contribution in [0.5, 0.6) is 0 Å². The predicted octanol–water partition coefficient (Wildman–Crippen LogP) is 0.789. The third-order valence-electron chi connectivity index (χ3n) is 0.521. The van der Waals surface area contributed by atoms with E-state index in [-0.39, 0.29) is 5.08 Å². The van der Waals surface area contributed by atoms with E-state index in [1.165, 1.54) is 0 Å². The first-order valence-electron chi connectivity index (χ1n) is 2.38. The van der Waals surface area contributed by atoms with Gasteiger partial charge in [0.25, 0.3) is 10.1 Å². The van der Waals surface area contributed by atoms with Gasteiger partial charge in [-0.15, -0.1) is 11.8 Å². The summed E-state index contributed by atoms with van der Waals surface area (Å²) in [7, 11) is -3.76. The van der Waals surface area contributed by atoms with Crippen LogP contribution in [0.25, 0.3) is 0 Å². The first-order chi connectivity index (χ1) is 4.06. The molecule has 5 heteroatoms. The highest BCUT2D eigenvalue weighted by Gasteiger charge is 2.01. The van der Waals surface area contributed by atoms with E-state index in [4.69, 9.17) is 4.55 Å². The molecular formula is C4H9O3S2. The van der Waals surface area contributed by atoms with E-state index in [9.17, 15) is 8.42 Å². The summed E-state index contributed by atoms with van der Waals surface area (Å²) in [6, 6.07) is 0. The molecular weight excluding hydrogens is 160 g/mol. The Morgan fingerprint density at radius 2 is 2.11 bits per heavy atom. The maximum Gasteiger partial charge on any atom is 0.274 e. The van der Waals surface area contributed by atoms with Gasteiger partial charge in [0.15, 0.2) is 0 Å². The van der Waals surface area contributed by atoms with Gasteiger partial charge in [0, 0.05) is 0 Å². The Bertz CT molecular complexity index is 149. The van der Waals surface area contributed by atoms with Crippen molar-refractivity contribution in [3.8, 4) is 0 Å². The van der Waals surface area contributed by atoms with Gasteiger partial charge < -0.3 is 0 Å². The summed E-state index contributed by atoms with van der Waals surface area (Å²) < 4.78 is 28.2. The van der Waals surface area contributed by atoms with Crippen LogP contribution >= 0.6 is 11.8 Å². The summed E-state index contributed by atoms with van der Waals surface area (Å²) in [5.41, 5.74) is 0. The number of hydrogen-bond donors (Lipinski definition) is 1. The molecule has 0 bridgehead atoms. The predicted molar refractivity (Wildman–Crippen MR) is 38.8 cm³/mol. The Kier molecular flexibility index (Phi) is 4.26. The summed E-state index contributed by atoms with van der Waals surface area (Å²) in [6.07, 6.45) is 0.681. The molecule has 0 spiro atoms. The Balaban J connectivity index is 3.30. The molecule has 1 radical (unpaired) electrons. The van der Waals surface area contributed by atoms with Crippen molar-refractivity contribution in [2.45, 2.75) is 6.42 Å². The van der Waals surface area contributed by atoms with Crippen LogP contribution in [0.15, 0.2) is 0 Å². The molecule has 0 aromatic heterocycles. The van der Waals surface area contributed by atoms with Gasteiger partial charge in [0.2, 0.25) is 0 Å². The van der Waals surface area contributed by atoms with E-state index < -0.39 is 10.1 Å². The summed E-state index contributed by atoms with van der Waals surface area (Å²) in [5, 5.41) is -0.220. The standard InChI is InChI=1S/C4H9O3S2/c1-2-3-8-4-9(5,6)7/h1-4H2,(H,5,6,7). The molecule has 0 saturated carbocycles. The summed E-state index contributed by atoms with van der Waals surface area (Å²) in [5.74, 6) is 0.666. The zero-order valence-corrected chi connectivity index (χ0v) is 6.54. The molecule has 0 atom stereocenters. The second-order valence-electron chi connectivity index (χ2n) is 1.46.